The van der Waals surface area contributed by atoms with E-state index in [0.29, 0.717) is 33.5 Å². The SMILES string of the molecule is Cc1nc(NC(=O)c2ccc3[nH]c4c(c3c2)C(C)CNC4=O)sc1C(=O)NCCO. The minimum absolute atomic E-state index is 0.131. The molecule has 3 heterocycles. The lowest BCUT2D eigenvalue weighted by atomic mass is 9.93. The van der Waals surface area contributed by atoms with Crippen LogP contribution in [0, 0.1) is 6.92 Å². The topological polar surface area (TPSA) is 136 Å². The van der Waals surface area contributed by atoms with Gasteiger partial charge in [0.2, 0.25) is 0 Å². The van der Waals surface area contributed by atoms with Crippen LogP contribution >= 0.6 is 11.3 Å². The molecular formula is C20H21N5O4S. The molecule has 9 nitrogen and oxygen atoms in total. The van der Waals surface area contributed by atoms with E-state index in [1.807, 2.05) is 6.92 Å². The maximum Gasteiger partial charge on any atom is 0.268 e. The maximum absolute atomic E-state index is 12.8. The van der Waals surface area contributed by atoms with E-state index in [-0.39, 0.29) is 36.8 Å². The Morgan fingerprint density at radius 2 is 2.13 bits per heavy atom. The first-order valence-electron chi connectivity index (χ1n) is 9.50. The van der Waals surface area contributed by atoms with Crippen LogP contribution in [0.1, 0.15) is 54.6 Å². The second-order valence-electron chi connectivity index (χ2n) is 7.15. The summed E-state index contributed by atoms with van der Waals surface area (Å²) in [5.74, 6) is -0.704. The van der Waals surface area contributed by atoms with Crippen molar-refractivity contribution in [2.45, 2.75) is 19.8 Å². The van der Waals surface area contributed by atoms with Crippen molar-refractivity contribution in [3.8, 4) is 0 Å². The number of benzene rings is 1. The van der Waals surface area contributed by atoms with E-state index in [9.17, 15) is 14.4 Å². The van der Waals surface area contributed by atoms with E-state index in [1.54, 1.807) is 25.1 Å². The molecule has 0 bridgehead atoms. The minimum Gasteiger partial charge on any atom is -0.395 e. The van der Waals surface area contributed by atoms with Crippen LogP contribution in [0.4, 0.5) is 5.13 Å². The van der Waals surface area contributed by atoms with Crippen molar-refractivity contribution in [1.29, 1.82) is 0 Å². The molecule has 30 heavy (non-hydrogen) atoms. The molecule has 3 aromatic rings. The van der Waals surface area contributed by atoms with Gasteiger partial charge in [0.05, 0.1) is 12.3 Å². The highest BCUT2D eigenvalue weighted by Gasteiger charge is 2.27. The third-order valence-electron chi connectivity index (χ3n) is 5.01. The van der Waals surface area contributed by atoms with E-state index in [0.717, 1.165) is 27.8 Å². The average Bonchev–Trinajstić information content (AvgIpc) is 3.29. The first-order valence-corrected chi connectivity index (χ1v) is 10.3. The molecule has 0 radical (unpaired) electrons. The second kappa shape index (κ2) is 7.88. The Balaban J connectivity index is 1.59. The van der Waals surface area contributed by atoms with Gasteiger partial charge in [0.15, 0.2) is 5.13 Å². The van der Waals surface area contributed by atoms with Crippen molar-refractivity contribution in [1.82, 2.24) is 20.6 Å². The average molecular weight is 427 g/mol. The summed E-state index contributed by atoms with van der Waals surface area (Å²) in [6.45, 7) is 4.26. The summed E-state index contributed by atoms with van der Waals surface area (Å²) < 4.78 is 0. The molecule has 2 aromatic heterocycles. The van der Waals surface area contributed by atoms with E-state index in [4.69, 9.17) is 5.11 Å². The molecule has 3 amide bonds. The van der Waals surface area contributed by atoms with Gasteiger partial charge in [-0.05, 0) is 30.7 Å². The lowest BCUT2D eigenvalue weighted by Crippen LogP contribution is -2.33. The van der Waals surface area contributed by atoms with Gasteiger partial charge in [-0.2, -0.15) is 0 Å². The molecule has 156 valence electrons. The summed E-state index contributed by atoms with van der Waals surface area (Å²) in [5.41, 5.74) is 3.18. The van der Waals surface area contributed by atoms with Crippen molar-refractivity contribution in [2.75, 3.05) is 25.0 Å². The van der Waals surface area contributed by atoms with Crippen LogP contribution in [0.5, 0.6) is 0 Å². The van der Waals surface area contributed by atoms with Crippen LogP contribution in [-0.4, -0.2) is 52.5 Å². The molecule has 0 aliphatic carbocycles. The lowest BCUT2D eigenvalue weighted by molar-refractivity contribution is 0.0933. The van der Waals surface area contributed by atoms with E-state index in [1.165, 1.54) is 0 Å². The number of thiazole rings is 1. The predicted molar refractivity (Wildman–Crippen MR) is 113 cm³/mol. The van der Waals surface area contributed by atoms with E-state index in [2.05, 4.69) is 25.9 Å². The molecule has 0 spiro atoms. The largest absolute Gasteiger partial charge is 0.395 e. The number of aryl methyl sites for hydroxylation is 1. The van der Waals surface area contributed by atoms with Crippen molar-refractivity contribution in [2.24, 2.45) is 0 Å². The van der Waals surface area contributed by atoms with E-state index >= 15 is 0 Å². The van der Waals surface area contributed by atoms with Gasteiger partial charge in [0, 0.05) is 35.5 Å². The standard InChI is InChI=1S/C20H21N5O4S/c1-9-8-22-18(28)15-14(9)12-7-11(3-4-13(12)24-15)17(27)25-20-23-10(2)16(30-20)19(29)21-5-6-26/h3-4,7,9,24,26H,5-6,8H2,1-2H3,(H,21,29)(H,22,28)(H,23,25,27). The van der Waals surface area contributed by atoms with Gasteiger partial charge in [0.25, 0.3) is 17.7 Å². The highest BCUT2D eigenvalue weighted by atomic mass is 32.1. The molecule has 1 aromatic carbocycles. The lowest BCUT2D eigenvalue weighted by Gasteiger charge is -2.19. The first-order chi connectivity index (χ1) is 14.4. The van der Waals surface area contributed by atoms with Crippen molar-refractivity contribution in [3.05, 3.63) is 45.6 Å². The molecule has 10 heteroatoms. The Bertz CT molecular complexity index is 1170. The molecule has 1 atom stereocenters. The smallest absolute Gasteiger partial charge is 0.268 e. The number of carbonyl (C=O) groups excluding carboxylic acids is 3. The molecule has 1 unspecified atom stereocenters. The Hall–Kier alpha value is -3.24. The number of fused-ring (bicyclic) bond motifs is 3. The van der Waals surface area contributed by atoms with E-state index < -0.39 is 0 Å². The third kappa shape index (κ3) is 3.55. The number of aliphatic hydroxyl groups excluding tert-OH is 1. The van der Waals surface area contributed by atoms with Gasteiger partial charge in [0.1, 0.15) is 10.6 Å². The number of H-pyrrole nitrogens is 1. The fourth-order valence-electron chi connectivity index (χ4n) is 3.56. The number of amides is 3. The van der Waals surface area contributed by atoms with Crippen LogP contribution < -0.4 is 16.0 Å². The number of rotatable bonds is 5. The number of aromatic nitrogens is 2. The van der Waals surface area contributed by atoms with Gasteiger partial charge in [-0.1, -0.05) is 18.3 Å². The molecule has 1 aliphatic heterocycles. The predicted octanol–water partition coefficient (Wildman–Crippen LogP) is 1.75. The highest BCUT2D eigenvalue weighted by molar-refractivity contribution is 7.17. The number of hydrogen-bond donors (Lipinski definition) is 5. The Labute approximate surface area is 175 Å². The zero-order valence-corrected chi connectivity index (χ0v) is 17.3. The summed E-state index contributed by atoms with van der Waals surface area (Å²) in [6.07, 6.45) is 0. The highest BCUT2D eigenvalue weighted by Crippen LogP contribution is 2.32. The van der Waals surface area contributed by atoms with Crippen LogP contribution in [0.25, 0.3) is 10.9 Å². The third-order valence-corrected chi connectivity index (χ3v) is 6.08. The summed E-state index contributed by atoms with van der Waals surface area (Å²) in [4.78, 5) is 44.8. The van der Waals surface area contributed by atoms with Crippen LogP contribution in [0.3, 0.4) is 0 Å². The quantitative estimate of drug-likeness (QED) is 0.423. The summed E-state index contributed by atoms with van der Waals surface area (Å²) in [5, 5.41) is 18.2. The number of aromatic amines is 1. The molecule has 0 fully saturated rings. The van der Waals surface area contributed by atoms with Gasteiger partial charge in [-0.3, -0.25) is 19.7 Å². The Kier molecular flexibility index (Phi) is 5.27. The summed E-state index contributed by atoms with van der Waals surface area (Å²) in [7, 11) is 0. The number of nitrogens with zero attached hydrogens (tertiary/aromatic N) is 1. The fraction of sp³-hybridized carbons (Fsp3) is 0.300. The normalized spacial score (nSPS) is 15.6. The summed E-state index contributed by atoms with van der Waals surface area (Å²) in [6, 6.07) is 5.23. The van der Waals surface area contributed by atoms with Crippen LogP contribution in [0.2, 0.25) is 0 Å². The fourth-order valence-corrected chi connectivity index (χ4v) is 4.44. The number of hydrogen-bond acceptors (Lipinski definition) is 6. The Morgan fingerprint density at radius 1 is 1.33 bits per heavy atom. The maximum atomic E-state index is 12.8. The van der Waals surface area contributed by atoms with Gasteiger partial charge >= 0.3 is 0 Å². The zero-order chi connectivity index (χ0) is 21.4. The minimum atomic E-state index is -0.351. The molecule has 0 saturated heterocycles. The summed E-state index contributed by atoms with van der Waals surface area (Å²) >= 11 is 1.07. The molecular weight excluding hydrogens is 406 g/mol. The van der Waals surface area contributed by atoms with Crippen LogP contribution in [-0.2, 0) is 0 Å². The molecule has 5 N–H and O–H groups in total. The van der Waals surface area contributed by atoms with Gasteiger partial charge < -0.3 is 20.7 Å². The van der Waals surface area contributed by atoms with Crippen molar-refractivity contribution >= 4 is 45.1 Å². The number of carbonyl (C=O) groups is 3. The first kappa shape index (κ1) is 20.0. The number of anilines is 1. The molecule has 4 rings (SSSR count). The van der Waals surface area contributed by atoms with Gasteiger partial charge in [-0.15, -0.1) is 0 Å². The van der Waals surface area contributed by atoms with Crippen molar-refractivity contribution < 1.29 is 19.5 Å². The van der Waals surface area contributed by atoms with Crippen LogP contribution in [0.15, 0.2) is 18.2 Å². The van der Waals surface area contributed by atoms with Gasteiger partial charge in [-0.25, -0.2) is 4.98 Å². The molecule has 1 aliphatic rings. The van der Waals surface area contributed by atoms with Crippen molar-refractivity contribution in [3.63, 3.8) is 0 Å². The number of aliphatic hydroxyl groups is 1. The Morgan fingerprint density at radius 3 is 2.90 bits per heavy atom. The zero-order valence-electron chi connectivity index (χ0n) is 16.5. The molecule has 0 saturated carbocycles. The number of nitrogens with one attached hydrogen (secondary N) is 4. The second-order valence-corrected chi connectivity index (χ2v) is 8.15. The monoisotopic (exact) mass is 427 g/mol.